The van der Waals surface area contributed by atoms with Gasteiger partial charge in [0.2, 0.25) is 0 Å². The van der Waals surface area contributed by atoms with Crippen LogP contribution in [0, 0.1) is 0 Å². The number of halogens is 1. The Morgan fingerprint density at radius 3 is 2.59 bits per heavy atom. The number of nitrogen functional groups attached to an aromatic ring is 1. The molecule has 1 saturated carbocycles. The Balaban J connectivity index is 1.92. The number of carbonyl (C=O) groups is 1. The number of nitrogens with one attached hydrogen (secondary N) is 1. The lowest BCUT2D eigenvalue weighted by molar-refractivity contribution is 0.0922. The summed E-state index contributed by atoms with van der Waals surface area (Å²) in [5, 5.41) is 4.94. The van der Waals surface area contributed by atoms with Gasteiger partial charge in [-0.2, -0.15) is 0 Å². The molecule has 0 bridgehead atoms. The van der Waals surface area contributed by atoms with Crippen LogP contribution >= 0.6 is 15.9 Å². The van der Waals surface area contributed by atoms with Gasteiger partial charge in [-0.1, -0.05) is 53.0 Å². The van der Waals surface area contributed by atoms with Gasteiger partial charge in [-0.15, -0.1) is 0 Å². The monoisotopic (exact) mass is 361 g/mol. The molecule has 0 radical (unpaired) electrons. The van der Waals surface area contributed by atoms with E-state index >= 15 is 0 Å². The van der Waals surface area contributed by atoms with Gasteiger partial charge < -0.3 is 16.8 Å². The van der Waals surface area contributed by atoms with Gasteiger partial charge in [-0.3, -0.25) is 4.79 Å². The number of benzene rings is 2. The molecule has 0 aromatic heterocycles. The zero-order valence-electron chi connectivity index (χ0n) is 12.3. The van der Waals surface area contributed by atoms with Crippen molar-refractivity contribution in [3.63, 3.8) is 0 Å². The Kier molecular flexibility index (Phi) is 4.36. The molecule has 1 amide bonds. The van der Waals surface area contributed by atoms with Crippen LogP contribution in [-0.4, -0.2) is 18.0 Å². The number of hydrogen-bond acceptors (Lipinski definition) is 3. The number of rotatable bonds is 2. The summed E-state index contributed by atoms with van der Waals surface area (Å²) in [5.41, 5.74) is 13.3. The normalized spacial score (nSPS) is 21.7. The molecule has 0 aliphatic heterocycles. The highest BCUT2D eigenvalue weighted by Gasteiger charge is 2.25. The topological polar surface area (TPSA) is 81.1 Å². The van der Waals surface area contributed by atoms with Gasteiger partial charge in [-0.25, -0.2) is 0 Å². The zero-order chi connectivity index (χ0) is 15.7. The van der Waals surface area contributed by atoms with Gasteiger partial charge in [-0.05, 0) is 24.3 Å². The summed E-state index contributed by atoms with van der Waals surface area (Å²) in [5.74, 6) is -0.147. The van der Waals surface area contributed by atoms with Crippen molar-refractivity contribution in [2.24, 2.45) is 5.73 Å². The van der Waals surface area contributed by atoms with Crippen molar-refractivity contribution >= 4 is 38.3 Å². The largest absolute Gasteiger partial charge is 0.398 e. The molecule has 5 heteroatoms. The van der Waals surface area contributed by atoms with E-state index in [9.17, 15) is 4.79 Å². The number of anilines is 1. The summed E-state index contributed by atoms with van der Waals surface area (Å²) in [6.07, 6.45) is 4.14. The highest BCUT2D eigenvalue weighted by atomic mass is 79.9. The van der Waals surface area contributed by atoms with E-state index in [1.165, 1.54) is 0 Å². The Morgan fingerprint density at radius 1 is 1.18 bits per heavy atom. The van der Waals surface area contributed by atoms with Crippen LogP contribution in [0.4, 0.5) is 5.69 Å². The first-order valence-corrected chi connectivity index (χ1v) is 8.40. The van der Waals surface area contributed by atoms with E-state index in [4.69, 9.17) is 11.5 Å². The first-order valence-electron chi connectivity index (χ1n) is 7.61. The predicted octanol–water partition coefficient (Wildman–Crippen LogP) is 3.18. The summed E-state index contributed by atoms with van der Waals surface area (Å²) in [6.45, 7) is 0. The quantitative estimate of drug-likeness (QED) is 0.718. The highest BCUT2D eigenvalue weighted by Crippen LogP contribution is 2.32. The molecular formula is C17H20BrN3O. The fourth-order valence-electron chi connectivity index (χ4n) is 3.13. The highest BCUT2D eigenvalue weighted by molar-refractivity contribution is 9.10. The van der Waals surface area contributed by atoms with E-state index in [1.54, 1.807) is 6.07 Å². The third-order valence-electron chi connectivity index (χ3n) is 4.42. The van der Waals surface area contributed by atoms with E-state index in [0.29, 0.717) is 11.3 Å². The third kappa shape index (κ3) is 2.83. The Hall–Kier alpha value is -1.59. The molecular weight excluding hydrogens is 342 g/mol. The Morgan fingerprint density at radius 2 is 1.86 bits per heavy atom. The van der Waals surface area contributed by atoms with Crippen LogP contribution in [0.3, 0.4) is 0 Å². The standard InChI is InChI=1S/C17H20BrN3O/c18-13-9-12(16(20)11-6-2-1-5-10(11)13)17(22)21-15-8-4-3-7-14(15)19/h1-2,5-6,9,14-15H,3-4,7-8,19-20H2,(H,21,22). The van der Waals surface area contributed by atoms with E-state index < -0.39 is 0 Å². The van der Waals surface area contributed by atoms with Crippen molar-refractivity contribution in [1.82, 2.24) is 5.32 Å². The number of carbonyl (C=O) groups excluding carboxylic acids is 1. The molecule has 0 saturated heterocycles. The van der Waals surface area contributed by atoms with Gasteiger partial charge in [0.05, 0.1) is 11.3 Å². The molecule has 2 aromatic rings. The molecule has 5 N–H and O–H groups in total. The van der Waals surface area contributed by atoms with Gasteiger partial charge >= 0.3 is 0 Å². The van der Waals surface area contributed by atoms with Crippen LogP contribution in [0.25, 0.3) is 10.8 Å². The molecule has 22 heavy (non-hydrogen) atoms. The second-order valence-corrected chi connectivity index (χ2v) is 6.75. The number of amides is 1. The molecule has 4 nitrogen and oxygen atoms in total. The van der Waals surface area contributed by atoms with Crippen LogP contribution < -0.4 is 16.8 Å². The maximum atomic E-state index is 12.6. The smallest absolute Gasteiger partial charge is 0.253 e. The predicted molar refractivity (Wildman–Crippen MR) is 93.8 cm³/mol. The summed E-state index contributed by atoms with van der Waals surface area (Å²) in [7, 11) is 0. The summed E-state index contributed by atoms with van der Waals surface area (Å²) < 4.78 is 0.871. The van der Waals surface area contributed by atoms with Gasteiger partial charge in [0.15, 0.2) is 0 Å². The number of hydrogen-bond donors (Lipinski definition) is 3. The summed E-state index contributed by atoms with van der Waals surface area (Å²) in [6, 6.07) is 9.64. The van der Waals surface area contributed by atoms with Crippen LogP contribution in [-0.2, 0) is 0 Å². The first kappa shape index (κ1) is 15.3. The van der Waals surface area contributed by atoms with E-state index in [2.05, 4.69) is 21.2 Å². The van der Waals surface area contributed by atoms with Gasteiger partial charge in [0, 0.05) is 21.9 Å². The van der Waals surface area contributed by atoms with Crippen LogP contribution in [0.5, 0.6) is 0 Å². The lowest BCUT2D eigenvalue weighted by atomic mass is 9.90. The van der Waals surface area contributed by atoms with E-state index in [1.807, 2.05) is 24.3 Å². The SMILES string of the molecule is Nc1c(C(=O)NC2CCCCC2N)cc(Br)c2ccccc12. The molecule has 1 fully saturated rings. The Labute approximate surface area is 138 Å². The lowest BCUT2D eigenvalue weighted by Gasteiger charge is -2.29. The van der Waals surface area contributed by atoms with Crippen molar-refractivity contribution in [2.75, 3.05) is 5.73 Å². The molecule has 0 spiro atoms. The number of nitrogens with two attached hydrogens (primary N) is 2. The molecule has 3 rings (SSSR count). The van der Waals surface area contributed by atoms with Crippen molar-refractivity contribution in [3.8, 4) is 0 Å². The fourth-order valence-corrected chi connectivity index (χ4v) is 3.70. The minimum Gasteiger partial charge on any atom is -0.398 e. The summed E-state index contributed by atoms with van der Waals surface area (Å²) >= 11 is 3.53. The van der Waals surface area contributed by atoms with Crippen molar-refractivity contribution < 1.29 is 4.79 Å². The summed E-state index contributed by atoms with van der Waals surface area (Å²) in [4.78, 5) is 12.6. The van der Waals surface area contributed by atoms with Crippen molar-refractivity contribution in [2.45, 2.75) is 37.8 Å². The maximum Gasteiger partial charge on any atom is 0.253 e. The molecule has 2 unspecified atom stereocenters. The molecule has 1 aliphatic rings. The lowest BCUT2D eigenvalue weighted by Crippen LogP contribution is -2.49. The second kappa shape index (κ2) is 6.26. The Bertz CT molecular complexity index is 716. The first-order chi connectivity index (χ1) is 10.6. The zero-order valence-corrected chi connectivity index (χ0v) is 13.9. The molecule has 1 aliphatic carbocycles. The minimum absolute atomic E-state index is 0.0304. The molecule has 2 atom stereocenters. The van der Waals surface area contributed by atoms with Crippen LogP contribution in [0.1, 0.15) is 36.0 Å². The molecule has 0 heterocycles. The van der Waals surface area contributed by atoms with E-state index in [0.717, 1.165) is 40.9 Å². The second-order valence-electron chi connectivity index (χ2n) is 5.89. The minimum atomic E-state index is -0.147. The van der Waals surface area contributed by atoms with Crippen LogP contribution in [0.15, 0.2) is 34.8 Å². The maximum absolute atomic E-state index is 12.6. The fraction of sp³-hybridized carbons (Fsp3) is 0.353. The average Bonchev–Trinajstić information content (AvgIpc) is 2.53. The molecule has 2 aromatic carbocycles. The number of fused-ring (bicyclic) bond motifs is 1. The van der Waals surface area contributed by atoms with Gasteiger partial charge in [0.25, 0.3) is 5.91 Å². The third-order valence-corrected chi connectivity index (χ3v) is 5.07. The van der Waals surface area contributed by atoms with E-state index in [-0.39, 0.29) is 18.0 Å². The average molecular weight is 362 g/mol. The van der Waals surface area contributed by atoms with Gasteiger partial charge in [0.1, 0.15) is 0 Å². The molecule has 116 valence electrons. The van der Waals surface area contributed by atoms with Crippen molar-refractivity contribution in [1.29, 1.82) is 0 Å². The van der Waals surface area contributed by atoms with Crippen LogP contribution in [0.2, 0.25) is 0 Å². The van der Waals surface area contributed by atoms with Crippen molar-refractivity contribution in [3.05, 3.63) is 40.4 Å².